The number of carbonyl (C=O) groups excluding carboxylic acids is 2. The largest absolute Gasteiger partial charge is 0.357 e. The minimum Gasteiger partial charge on any atom is -0.357 e. The van der Waals surface area contributed by atoms with Gasteiger partial charge in [0, 0.05) is 52.2 Å². The lowest BCUT2D eigenvalue weighted by atomic mass is 9.84. The molecule has 0 bridgehead atoms. The molecule has 3 fully saturated rings. The Kier molecular flexibility index (Phi) is 6.05. The minimum atomic E-state index is -0.366. The van der Waals surface area contributed by atoms with Gasteiger partial charge in [-0.15, -0.1) is 0 Å². The second-order valence-corrected chi connectivity index (χ2v) is 9.79. The highest BCUT2D eigenvalue weighted by Crippen LogP contribution is 2.32. The lowest BCUT2D eigenvalue weighted by molar-refractivity contribution is -0.160. The van der Waals surface area contributed by atoms with Gasteiger partial charge in [-0.25, -0.2) is 0 Å². The van der Waals surface area contributed by atoms with Crippen LogP contribution in [-0.2, 0) is 29.7 Å². The third-order valence-corrected chi connectivity index (χ3v) is 7.44. The first-order valence-corrected chi connectivity index (χ1v) is 12.1. The molecule has 2 aliphatic heterocycles. The number of hydrogen-bond acceptors (Lipinski definition) is 3. The van der Waals surface area contributed by atoms with Gasteiger partial charge in [0.15, 0.2) is 0 Å². The molecule has 2 saturated heterocycles. The molecule has 6 nitrogen and oxygen atoms in total. The van der Waals surface area contributed by atoms with E-state index in [2.05, 4.69) is 29.2 Å². The molecule has 170 valence electrons. The number of amides is 2. The Hall–Kier alpha value is -2.60. The maximum atomic E-state index is 13.2. The van der Waals surface area contributed by atoms with Crippen molar-refractivity contribution >= 4 is 11.8 Å². The molecule has 2 aromatic rings. The fourth-order valence-electron chi connectivity index (χ4n) is 5.63. The number of nitrogens with zero attached hydrogens (tertiary/aromatic N) is 4. The lowest BCUT2D eigenvalue weighted by Gasteiger charge is -2.46. The fraction of sp³-hybridized carbons (Fsp3) is 0.538. The van der Waals surface area contributed by atoms with Crippen LogP contribution in [0.5, 0.6) is 0 Å². The van der Waals surface area contributed by atoms with Crippen molar-refractivity contribution in [2.45, 2.75) is 57.2 Å². The van der Waals surface area contributed by atoms with Crippen molar-refractivity contribution in [3.05, 3.63) is 59.4 Å². The van der Waals surface area contributed by atoms with Crippen molar-refractivity contribution in [1.29, 1.82) is 0 Å². The molecule has 3 heterocycles. The summed E-state index contributed by atoms with van der Waals surface area (Å²) in [6, 6.07) is 10.8. The maximum Gasteiger partial charge on any atom is 0.247 e. The van der Waals surface area contributed by atoms with Crippen LogP contribution >= 0.6 is 0 Å². The van der Waals surface area contributed by atoms with Crippen molar-refractivity contribution in [2.24, 2.45) is 7.05 Å². The number of rotatable bonds is 5. The Labute approximate surface area is 190 Å². The Morgan fingerprint density at radius 2 is 1.69 bits per heavy atom. The molecule has 0 N–H and O–H groups in total. The third-order valence-electron chi connectivity index (χ3n) is 7.44. The summed E-state index contributed by atoms with van der Waals surface area (Å²) in [5.74, 6) is 0.871. The van der Waals surface area contributed by atoms with Crippen LogP contribution in [0.2, 0.25) is 0 Å². The monoisotopic (exact) mass is 434 g/mol. The van der Waals surface area contributed by atoms with Crippen LogP contribution in [0.1, 0.15) is 54.7 Å². The molecule has 1 aliphatic carbocycles. The quantitative estimate of drug-likeness (QED) is 0.727. The van der Waals surface area contributed by atoms with Crippen LogP contribution in [0.4, 0.5) is 0 Å². The summed E-state index contributed by atoms with van der Waals surface area (Å²) in [4.78, 5) is 31.8. The molecule has 3 aliphatic rings. The van der Waals surface area contributed by atoms with Gasteiger partial charge in [-0.3, -0.25) is 14.5 Å². The summed E-state index contributed by atoms with van der Waals surface area (Å²) in [6.07, 6.45) is 10.7. The van der Waals surface area contributed by atoms with E-state index in [9.17, 15) is 9.59 Å². The second-order valence-electron chi connectivity index (χ2n) is 9.79. The SMILES string of the molecule is Cn1ccc(CN2CC(=O)N3CCN(Cc4ccc(C5CCCCC5)cc4)CC3C2=O)c1. The highest BCUT2D eigenvalue weighted by molar-refractivity contribution is 5.95. The Bertz CT molecular complexity index is 960. The number of fused-ring (bicyclic) bond motifs is 1. The van der Waals surface area contributed by atoms with E-state index in [4.69, 9.17) is 0 Å². The van der Waals surface area contributed by atoms with E-state index in [0.29, 0.717) is 19.6 Å². The molecule has 6 heteroatoms. The Morgan fingerprint density at radius 1 is 0.906 bits per heavy atom. The average Bonchev–Trinajstić information content (AvgIpc) is 3.23. The van der Waals surface area contributed by atoms with Crippen molar-refractivity contribution in [3.8, 4) is 0 Å². The third kappa shape index (κ3) is 4.46. The van der Waals surface area contributed by atoms with Gasteiger partial charge < -0.3 is 14.4 Å². The fourth-order valence-corrected chi connectivity index (χ4v) is 5.63. The minimum absolute atomic E-state index is 0.0713. The first kappa shape index (κ1) is 21.3. The van der Waals surface area contributed by atoms with Crippen molar-refractivity contribution in [3.63, 3.8) is 0 Å². The smallest absolute Gasteiger partial charge is 0.247 e. The Morgan fingerprint density at radius 3 is 2.41 bits per heavy atom. The van der Waals surface area contributed by atoms with Crippen LogP contribution in [0.15, 0.2) is 42.7 Å². The van der Waals surface area contributed by atoms with E-state index in [1.54, 1.807) is 9.80 Å². The number of benzene rings is 1. The number of hydrogen-bond donors (Lipinski definition) is 0. The van der Waals surface area contributed by atoms with Crippen molar-refractivity contribution in [1.82, 2.24) is 19.3 Å². The molecule has 5 rings (SSSR count). The molecule has 1 aromatic carbocycles. The van der Waals surface area contributed by atoms with Crippen LogP contribution < -0.4 is 0 Å². The van der Waals surface area contributed by atoms with Gasteiger partial charge in [0.2, 0.25) is 11.8 Å². The second kappa shape index (κ2) is 9.10. The van der Waals surface area contributed by atoms with Crippen LogP contribution in [0.25, 0.3) is 0 Å². The lowest BCUT2D eigenvalue weighted by Crippen LogP contribution is -2.66. The molecule has 0 radical (unpaired) electrons. The molecule has 1 aromatic heterocycles. The summed E-state index contributed by atoms with van der Waals surface area (Å²) in [6.45, 7) is 3.58. The standard InChI is InChI=1S/C26H34N4O2/c1-27-12-11-21(15-27)17-29-19-25(31)30-14-13-28(18-24(30)26(29)32)16-20-7-9-23(10-8-20)22-5-3-2-4-6-22/h7-12,15,22,24H,2-6,13-14,16-19H2,1H3. The van der Waals surface area contributed by atoms with Gasteiger partial charge in [-0.2, -0.15) is 0 Å². The Balaban J connectivity index is 1.22. The van der Waals surface area contributed by atoms with Gasteiger partial charge in [-0.05, 0) is 41.5 Å². The van der Waals surface area contributed by atoms with Gasteiger partial charge in [0.1, 0.15) is 12.6 Å². The van der Waals surface area contributed by atoms with E-state index in [-0.39, 0.29) is 24.4 Å². The van der Waals surface area contributed by atoms with E-state index >= 15 is 0 Å². The predicted molar refractivity (Wildman–Crippen MR) is 124 cm³/mol. The van der Waals surface area contributed by atoms with Gasteiger partial charge >= 0.3 is 0 Å². The first-order chi connectivity index (χ1) is 15.6. The number of aromatic nitrogens is 1. The summed E-state index contributed by atoms with van der Waals surface area (Å²) in [7, 11) is 1.97. The summed E-state index contributed by atoms with van der Waals surface area (Å²) >= 11 is 0. The summed E-state index contributed by atoms with van der Waals surface area (Å²) in [5.41, 5.74) is 3.82. The van der Waals surface area contributed by atoms with Crippen LogP contribution in [0.3, 0.4) is 0 Å². The van der Waals surface area contributed by atoms with E-state index in [1.165, 1.54) is 43.2 Å². The summed E-state index contributed by atoms with van der Waals surface area (Å²) in [5, 5.41) is 0. The zero-order valence-electron chi connectivity index (χ0n) is 19.1. The molecular formula is C26H34N4O2. The molecule has 0 spiro atoms. The molecular weight excluding hydrogens is 400 g/mol. The molecule has 1 unspecified atom stereocenters. The summed E-state index contributed by atoms with van der Waals surface area (Å²) < 4.78 is 1.97. The van der Waals surface area contributed by atoms with E-state index < -0.39 is 0 Å². The van der Waals surface area contributed by atoms with Crippen LogP contribution in [-0.4, -0.2) is 63.3 Å². The predicted octanol–water partition coefficient (Wildman–Crippen LogP) is 3.13. The first-order valence-electron chi connectivity index (χ1n) is 12.1. The van der Waals surface area contributed by atoms with E-state index in [0.717, 1.165) is 24.6 Å². The zero-order chi connectivity index (χ0) is 22.1. The number of carbonyl (C=O) groups is 2. The maximum absolute atomic E-state index is 13.2. The molecule has 2 amide bonds. The average molecular weight is 435 g/mol. The van der Waals surface area contributed by atoms with Crippen molar-refractivity contribution < 1.29 is 9.59 Å². The van der Waals surface area contributed by atoms with E-state index in [1.807, 2.05) is 30.1 Å². The van der Waals surface area contributed by atoms with Crippen LogP contribution in [0, 0.1) is 0 Å². The zero-order valence-corrected chi connectivity index (χ0v) is 19.1. The molecule has 1 atom stereocenters. The molecule has 32 heavy (non-hydrogen) atoms. The molecule has 1 saturated carbocycles. The van der Waals surface area contributed by atoms with Gasteiger partial charge in [-0.1, -0.05) is 43.5 Å². The highest BCUT2D eigenvalue weighted by atomic mass is 16.2. The number of aryl methyl sites for hydroxylation is 1. The topological polar surface area (TPSA) is 48.8 Å². The number of piperazine rings is 2. The highest BCUT2D eigenvalue weighted by Gasteiger charge is 2.42. The normalized spacial score (nSPS) is 23.0. The van der Waals surface area contributed by atoms with Gasteiger partial charge in [0.05, 0.1) is 0 Å². The van der Waals surface area contributed by atoms with Crippen molar-refractivity contribution in [2.75, 3.05) is 26.2 Å². The van der Waals surface area contributed by atoms with Gasteiger partial charge in [0.25, 0.3) is 0 Å².